The summed E-state index contributed by atoms with van der Waals surface area (Å²) < 4.78 is 33.6. The number of rotatable bonds is 4. The van der Waals surface area contributed by atoms with Gasteiger partial charge in [0.05, 0.1) is 11.5 Å². The lowest BCUT2D eigenvalue weighted by Crippen LogP contribution is -2.10. The van der Waals surface area contributed by atoms with Crippen LogP contribution < -0.4 is 0 Å². The van der Waals surface area contributed by atoms with Crippen molar-refractivity contribution in [3.8, 4) is 0 Å². The van der Waals surface area contributed by atoms with Crippen molar-refractivity contribution < 1.29 is 13.2 Å². The second-order valence-electron chi connectivity index (χ2n) is 3.98. The molecule has 5 heteroatoms. The van der Waals surface area contributed by atoms with Crippen LogP contribution in [0.3, 0.4) is 0 Å². The van der Waals surface area contributed by atoms with Crippen LogP contribution in [0.25, 0.3) is 0 Å². The minimum Gasteiger partial charge on any atom is -0.477 e. The van der Waals surface area contributed by atoms with Gasteiger partial charge in [-0.2, -0.15) is 8.42 Å². The molecular formula is C15H15NO3S. The van der Waals surface area contributed by atoms with Gasteiger partial charge in [-0.05, 0) is 31.2 Å². The molecule has 0 N–H and O–H groups in total. The van der Waals surface area contributed by atoms with Crippen molar-refractivity contribution in [2.75, 3.05) is 6.61 Å². The predicted molar refractivity (Wildman–Crippen MR) is 78.2 cm³/mol. The summed E-state index contributed by atoms with van der Waals surface area (Å²) in [7, 11) is -3.77. The fourth-order valence-electron chi connectivity index (χ4n) is 1.63. The van der Waals surface area contributed by atoms with Crippen LogP contribution in [0, 0.1) is 0 Å². The van der Waals surface area contributed by atoms with Crippen molar-refractivity contribution in [3.63, 3.8) is 0 Å². The number of sulfonamides is 1. The maximum absolute atomic E-state index is 12.2. The minimum absolute atomic E-state index is 0.108. The van der Waals surface area contributed by atoms with Crippen LogP contribution in [0.2, 0.25) is 0 Å². The molecule has 0 aromatic heterocycles. The summed E-state index contributed by atoms with van der Waals surface area (Å²) in [6.45, 7) is 2.13. The van der Waals surface area contributed by atoms with Crippen LogP contribution in [0.1, 0.15) is 12.5 Å². The van der Waals surface area contributed by atoms with Gasteiger partial charge >= 0.3 is 0 Å². The zero-order chi connectivity index (χ0) is 14.4. The van der Waals surface area contributed by atoms with Crippen molar-refractivity contribution in [2.24, 2.45) is 4.40 Å². The first kappa shape index (κ1) is 14.3. The molecule has 0 aliphatic rings. The molecule has 0 spiro atoms. The van der Waals surface area contributed by atoms with Gasteiger partial charge in [-0.3, -0.25) is 0 Å². The van der Waals surface area contributed by atoms with Crippen LogP contribution in [0.15, 0.2) is 70.0 Å². The molecule has 0 unspecified atom stereocenters. The Bertz CT molecular complexity index is 680. The van der Waals surface area contributed by atoms with Crippen LogP contribution in [0.4, 0.5) is 0 Å². The van der Waals surface area contributed by atoms with E-state index in [9.17, 15) is 8.42 Å². The quantitative estimate of drug-likeness (QED) is 0.642. The van der Waals surface area contributed by atoms with Gasteiger partial charge in [-0.15, -0.1) is 4.40 Å². The van der Waals surface area contributed by atoms with Gasteiger partial charge in [0.1, 0.15) is 0 Å². The molecule has 104 valence electrons. The van der Waals surface area contributed by atoms with E-state index in [1.165, 1.54) is 12.1 Å². The summed E-state index contributed by atoms with van der Waals surface area (Å²) in [5.41, 5.74) is 0.633. The Labute approximate surface area is 118 Å². The van der Waals surface area contributed by atoms with Gasteiger partial charge in [-0.1, -0.05) is 36.4 Å². The zero-order valence-corrected chi connectivity index (χ0v) is 11.9. The third-order valence-corrected chi connectivity index (χ3v) is 3.82. The van der Waals surface area contributed by atoms with Gasteiger partial charge in [0.15, 0.2) is 0 Å². The number of ether oxygens (including phenoxy) is 1. The molecule has 0 radical (unpaired) electrons. The molecular weight excluding hydrogens is 274 g/mol. The summed E-state index contributed by atoms with van der Waals surface area (Å²) in [6, 6.07) is 17.1. The molecule has 0 atom stereocenters. The van der Waals surface area contributed by atoms with E-state index in [1.54, 1.807) is 49.4 Å². The average Bonchev–Trinajstić information content (AvgIpc) is 2.48. The third kappa shape index (κ3) is 3.45. The molecule has 0 fully saturated rings. The van der Waals surface area contributed by atoms with Crippen molar-refractivity contribution in [2.45, 2.75) is 11.8 Å². The van der Waals surface area contributed by atoms with Crippen LogP contribution in [-0.2, 0) is 14.8 Å². The van der Waals surface area contributed by atoms with Gasteiger partial charge in [0.2, 0.25) is 5.90 Å². The Kier molecular flexibility index (Phi) is 4.53. The van der Waals surface area contributed by atoms with Crippen LogP contribution in [-0.4, -0.2) is 20.9 Å². The van der Waals surface area contributed by atoms with Crippen LogP contribution in [0.5, 0.6) is 0 Å². The maximum atomic E-state index is 12.2. The molecule has 0 bridgehead atoms. The Morgan fingerprint density at radius 1 is 1.00 bits per heavy atom. The molecule has 2 aromatic carbocycles. The number of hydrogen-bond acceptors (Lipinski definition) is 3. The SMILES string of the molecule is CCOC(=NS(=O)(=O)c1ccccc1)c1ccccc1. The first-order valence-electron chi connectivity index (χ1n) is 6.21. The van der Waals surface area contributed by atoms with Gasteiger partial charge in [-0.25, -0.2) is 0 Å². The van der Waals surface area contributed by atoms with E-state index in [4.69, 9.17) is 4.74 Å². The van der Waals surface area contributed by atoms with E-state index in [1.807, 2.05) is 6.07 Å². The monoisotopic (exact) mass is 289 g/mol. The predicted octanol–water partition coefficient (Wildman–Crippen LogP) is 2.86. The Balaban J connectivity index is 2.44. The highest BCUT2D eigenvalue weighted by Gasteiger charge is 2.15. The third-order valence-electron chi connectivity index (χ3n) is 2.55. The van der Waals surface area contributed by atoms with E-state index in [2.05, 4.69) is 4.40 Å². The normalized spacial score (nSPS) is 12.2. The van der Waals surface area contributed by atoms with Gasteiger partial charge in [0.25, 0.3) is 10.0 Å². The molecule has 0 aliphatic carbocycles. The zero-order valence-electron chi connectivity index (χ0n) is 11.1. The van der Waals surface area contributed by atoms with Crippen LogP contribution >= 0.6 is 0 Å². The largest absolute Gasteiger partial charge is 0.477 e. The molecule has 0 saturated carbocycles. The average molecular weight is 289 g/mol. The van der Waals surface area contributed by atoms with E-state index in [0.29, 0.717) is 12.2 Å². The molecule has 0 saturated heterocycles. The minimum atomic E-state index is -3.77. The highest BCUT2D eigenvalue weighted by atomic mass is 32.2. The first-order valence-corrected chi connectivity index (χ1v) is 7.65. The number of hydrogen-bond donors (Lipinski definition) is 0. The van der Waals surface area contributed by atoms with E-state index in [-0.39, 0.29) is 10.8 Å². The molecule has 0 heterocycles. The smallest absolute Gasteiger partial charge is 0.285 e. The molecule has 0 aliphatic heterocycles. The van der Waals surface area contributed by atoms with Crippen molar-refractivity contribution in [1.29, 1.82) is 0 Å². The maximum Gasteiger partial charge on any atom is 0.285 e. The summed E-state index contributed by atoms with van der Waals surface area (Å²) in [5.74, 6) is 0.108. The Morgan fingerprint density at radius 2 is 1.55 bits per heavy atom. The fraction of sp³-hybridized carbons (Fsp3) is 0.133. The topological polar surface area (TPSA) is 55.7 Å². The van der Waals surface area contributed by atoms with E-state index in [0.717, 1.165) is 0 Å². The van der Waals surface area contributed by atoms with Crippen molar-refractivity contribution >= 4 is 15.9 Å². The summed E-state index contributed by atoms with van der Waals surface area (Å²) in [4.78, 5) is 0.146. The summed E-state index contributed by atoms with van der Waals surface area (Å²) >= 11 is 0. The summed E-state index contributed by atoms with van der Waals surface area (Å²) in [6.07, 6.45) is 0. The van der Waals surface area contributed by atoms with E-state index >= 15 is 0 Å². The highest BCUT2D eigenvalue weighted by molar-refractivity contribution is 7.90. The van der Waals surface area contributed by atoms with E-state index < -0.39 is 10.0 Å². The Hall–Kier alpha value is -2.14. The lowest BCUT2D eigenvalue weighted by atomic mass is 10.2. The lowest BCUT2D eigenvalue weighted by Gasteiger charge is -2.07. The first-order chi connectivity index (χ1) is 9.63. The molecule has 20 heavy (non-hydrogen) atoms. The fourth-order valence-corrected chi connectivity index (χ4v) is 2.62. The number of benzene rings is 2. The lowest BCUT2D eigenvalue weighted by molar-refractivity contribution is 0.329. The molecule has 0 amide bonds. The Morgan fingerprint density at radius 3 is 2.10 bits per heavy atom. The summed E-state index contributed by atoms with van der Waals surface area (Å²) in [5, 5.41) is 0. The van der Waals surface area contributed by atoms with Crippen molar-refractivity contribution in [1.82, 2.24) is 0 Å². The van der Waals surface area contributed by atoms with Crippen molar-refractivity contribution in [3.05, 3.63) is 66.2 Å². The molecule has 4 nitrogen and oxygen atoms in total. The second-order valence-corrected chi connectivity index (χ2v) is 5.59. The van der Waals surface area contributed by atoms with Gasteiger partial charge in [0, 0.05) is 5.56 Å². The highest BCUT2D eigenvalue weighted by Crippen LogP contribution is 2.14. The van der Waals surface area contributed by atoms with Gasteiger partial charge < -0.3 is 4.74 Å². The standard InChI is InChI=1S/C15H15NO3S/c1-2-19-15(13-9-5-3-6-10-13)16-20(17,18)14-11-7-4-8-12-14/h3-12H,2H2,1H3. The number of nitrogens with zero attached hydrogens (tertiary/aromatic N) is 1. The second kappa shape index (κ2) is 6.34. The molecule has 2 rings (SSSR count). The molecule has 2 aromatic rings.